The molecule has 0 aliphatic heterocycles. The van der Waals surface area contributed by atoms with E-state index in [1.165, 1.54) is 16.7 Å². The second-order valence-electron chi connectivity index (χ2n) is 7.28. The quantitative estimate of drug-likeness (QED) is 0.505. The normalized spacial score (nSPS) is 11.1. The third-order valence-corrected chi connectivity index (χ3v) is 5.53. The summed E-state index contributed by atoms with van der Waals surface area (Å²) in [4.78, 5) is 9.09. The molecule has 4 aromatic rings. The van der Waals surface area contributed by atoms with Crippen molar-refractivity contribution < 1.29 is 0 Å². The first-order valence-electron chi connectivity index (χ1n) is 9.79. The SMILES string of the molecule is CCc1cccc(C)c1CNc1cc(-c2cccnc2)cn2c(C)c(C)nc12. The second-order valence-corrected chi connectivity index (χ2v) is 7.28. The number of aryl methyl sites for hydroxylation is 4. The number of rotatable bonds is 5. The molecule has 0 spiro atoms. The van der Waals surface area contributed by atoms with Crippen LogP contribution in [-0.4, -0.2) is 14.4 Å². The molecule has 4 rings (SSSR count). The van der Waals surface area contributed by atoms with E-state index in [0.29, 0.717) is 0 Å². The van der Waals surface area contributed by atoms with Gasteiger partial charge in [0.2, 0.25) is 0 Å². The maximum Gasteiger partial charge on any atom is 0.160 e. The summed E-state index contributed by atoms with van der Waals surface area (Å²) in [7, 11) is 0. The van der Waals surface area contributed by atoms with Gasteiger partial charge >= 0.3 is 0 Å². The zero-order valence-corrected chi connectivity index (χ0v) is 17.0. The van der Waals surface area contributed by atoms with Crippen LogP contribution in [0, 0.1) is 20.8 Å². The Balaban J connectivity index is 1.79. The Morgan fingerprint density at radius 3 is 2.64 bits per heavy atom. The lowest BCUT2D eigenvalue weighted by Crippen LogP contribution is -2.06. The van der Waals surface area contributed by atoms with E-state index in [4.69, 9.17) is 4.98 Å². The average Bonchev–Trinajstić information content (AvgIpc) is 3.01. The van der Waals surface area contributed by atoms with Crippen LogP contribution in [0.2, 0.25) is 0 Å². The van der Waals surface area contributed by atoms with E-state index in [-0.39, 0.29) is 0 Å². The zero-order chi connectivity index (χ0) is 19.7. The van der Waals surface area contributed by atoms with Crippen LogP contribution in [0.1, 0.15) is 35.0 Å². The molecule has 28 heavy (non-hydrogen) atoms. The number of imidazole rings is 1. The van der Waals surface area contributed by atoms with Gasteiger partial charge in [0, 0.05) is 42.0 Å². The Morgan fingerprint density at radius 2 is 1.89 bits per heavy atom. The van der Waals surface area contributed by atoms with Crippen LogP contribution in [0.25, 0.3) is 16.8 Å². The number of aromatic nitrogens is 3. The highest BCUT2D eigenvalue weighted by Crippen LogP contribution is 2.28. The van der Waals surface area contributed by atoms with Crippen molar-refractivity contribution >= 4 is 11.3 Å². The minimum atomic E-state index is 0.785. The summed E-state index contributed by atoms with van der Waals surface area (Å²) in [5.74, 6) is 0. The Bertz CT molecular complexity index is 1130. The van der Waals surface area contributed by atoms with E-state index in [9.17, 15) is 0 Å². The number of pyridine rings is 2. The van der Waals surface area contributed by atoms with Gasteiger partial charge in [-0.1, -0.05) is 31.2 Å². The smallest absolute Gasteiger partial charge is 0.160 e. The molecule has 0 aliphatic carbocycles. The number of hydrogen-bond donors (Lipinski definition) is 1. The first kappa shape index (κ1) is 18.2. The molecule has 0 fully saturated rings. The van der Waals surface area contributed by atoms with Crippen molar-refractivity contribution in [3.63, 3.8) is 0 Å². The molecule has 0 bridgehead atoms. The Labute approximate surface area is 166 Å². The van der Waals surface area contributed by atoms with Gasteiger partial charge in [-0.3, -0.25) is 4.98 Å². The molecule has 3 heterocycles. The summed E-state index contributed by atoms with van der Waals surface area (Å²) in [6.45, 7) is 9.35. The van der Waals surface area contributed by atoms with E-state index in [2.05, 4.69) is 78.9 Å². The number of hydrogen-bond acceptors (Lipinski definition) is 3. The van der Waals surface area contributed by atoms with Gasteiger partial charge in [-0.2, -0.15) is 0 Å². The lowest BCUT2D eigenvalue weighted by atomic mass is 10.00. The Morgan fingerprint density at radius 1 is 1.04 bits per heavy atom. The van der Waals surface area contributed by atoms with Crippen LogP contribution in [0.3, 0.4) is 0 Å². The number of nitrogens with one attached hydrogen (secondary N) is 1. The molecular formula is C24H26N4. The van der Waals surface area contributed by atoms with E-state index in [0.717, 1.165) is 46.8 Å². The summed E-state index contributed by atoms with van der Waals surface area (Å²) in [5.41, 5.74) is 10.5. The molecule has 0 amide bonds. The fraction of sp³-hybridized carbons (Fsp3) is 0.250. The molecule has 0 saturated carbocycles. The molecule has 0 saturated heterocycles. The Kier molecular flexibility index (Phi) is 4.86. The van der Waals surface area contributed by atoms with Gasteiger partial charge in [-0.15, -0.1) is 0 Å². The van der Waals surface area contributed by atoms with E-state index in [1.54, 1.807) is 6.20 Å². The van der Waals surface area contributed by atoms with Gasteiger partial charge in [0.25, 0.3) is 0 Å². The van der Waals surface area contributed by atoms with Gasteiger partial charge in [0.15, 0.2) is 5.65 Å². The highest BCUT2D eigenvalue weighted by molar-refractivity contribution is 5.77. The molecule has 0 unspecified atom stereocenters. The molecule has 0 atom stereocenters. The lowest BCUT2D eigenvalue weighted by Gasteiger charge is -2.15. The molecule has 1 N–H and O–H groups in total. The third-order valence-electron chi connectivity index (χ3n) is 5.53. The van der Waals surface area contributed by atoms with Crippen LogP contribution < -0.4 is 5.32 Å². The molecule has 3 aromatic heterocycles. The largest absolute Gasteiger partial charge is 0.378 e. The van der Waals surface area contributed by atoms with Crippen molar-refractivity contribution in [3.8, 4) is 11.1 Å². The number of nitrogens with zero attached hydrogens (tertiary/aromatic N) is 3. The number of anilines is 1. The third kappa shape index (κ3) is 3.26. The monoisotopic (exact) mass is 370 g/mol. The summed E-state index contributed by atoms with van der Waals surface area (Å²) in [5, 5.41) is 3.67. The predicted molar refractivity (Wildman–Crippen MR) is 116 cm³/mol. The Hall–Kier alpha value is -3.14. The zero-order valence-electron chi connectivity index (χ0n) is 17.0. The van der Waals surface area contributed by atoms with E-state index >= 15 is 0 Å². The first-order chi connectivity index (χ1) is 13.6. The van der Waals surface area contributed by atoms with E-state index < -0.39 is 0 Å². The average molecular weight is 371 g/mol. The summed E-state index contributed by atoms with van der Waals surface area (Å²) in [6, 6.07) is 12.8. The van der Waals surface area contributed by atoms with E-state index in [1.807, 2.05) is 12.3 Å². The number of benzene rings is 1. The first-order valence-corrected chi connectivity index (χ1v) is 9.79. The van der Waals surface area contributed by atoms with Crippen molar-refractivity contribution in [1.82, 2.24) is 14.4 Å². The minimum Gasteiger partial charge on any atom is -0.378 e. The molecule has 4 heteroatoms. The summed E-state index contributed by atoms with van der Waals surface area (Å²) >= 11 is 0. The summed E-state index contributed by atoms with van der Waals surface area (Å²) in [6.07, 6.45) is 6.89. The van der Waals surface area contributed by atoms with Gasteiger partial charge < -0.3 is 9.72 Å². The number of fused-ring (bicyclic) bond motifs is 1. The molecule has 4 nitrogen and oxygen atoms in total. The maximum atomic E-state index is 4.81. The van der Waals surface area contributed by atoms with Crippen LogP contribution in [0.15, 0.2) is 55.0 Å². The predicted octanol–water partition coefficient (Wildman–Crippen LogP) is 5.50. The standard InChI is InChI=1S/C24H26N4/c1-5-19-9-6-8-16(2)22(19)14-26-23-12-21(20-10-7-11-25-13-20)15-28-18(4)17(3)27-24(23)28/h6-13,15,26H,5,14H2,1-4H3. The lowest BCUT2D eigenvalue weighted by molar-refractivity contribution is 1.02. The van der Waals surface area contributed by atoms with Crippen molar-refractivity contribution in [2.45, 2.75) is 40.7 Å². The molecule has 142 valence electrons. The molecular weight excluding hydrogens is 344 g/mol. The van der Waals surface area contributed by atoms with Gasteiger partial charge in [0.05, 0.1) is 11.4 Å². The maximum absolute atomic E-state index is 4.81. The minimum absolute atomic E-state index is 0.785. The fourth-order valence-corrected chi connectivity index (χ4v) is 3.72. The van der Waals surface area contributed by atoms with Crippen LogP contribution in [0.4, 0.5) is 5.69 Å². The molecule has 0 radical (unpaired) electrons. The van der Waals surface area contributed by atoms with Crippen molar-refractivity contribution in [1.29, 1.82) is 0 Å². The molecule has 0 aliphatic rings. The van der Waals surface area contributed by atoms with Crippen molar-refractivity contribution in [3.05, 3.63) is 83.1 Å². The van der Waals surface area contributed by atoms with Gasteiger partial charge in [-0.25, -0.2) is 4.98 Å². The van der Waals surface area contributed by atoms with Gasteiger partial charge in [-0.05, 0) is 56.0 Å². The molecule has 1 aromatic carbocycles. The highest BCUT2D eigenvalue weighted by Gasteiger charge is 2.13. The second kappa shape index (κ2) is 7.47. The van der Waals surface area contributed by atoms with Crippen LogP contribution in [0.5, 0.6) is 0 Å². The topological polar surface area (TPSA) is 42.2 Å². The fourth-order valence-electron chi connectivity index (χ4n) is 3.72. The summed E-state index contributed by atoms with van der Waals surface area (Å²) < 4.78 is 2.18. The highest BCUT2D eigenvalue weighted by atomic mass is 15.1. The van der Waals surface area contributed by atoms with Crippen LogP contribution >= 0.6 is 0 Å². The van der Waals surface area contributed by atoms with Crippen molar-refractivity contribution in [2.24, 2.45) is 0 Å². The van der Waals surface area contributed by atoms with Gasteiger partial charge in [0.1, 0.15) is 0 Å². The van der Waals surface area contributed by atoms with Crippen LogP contribution in [-0.2, 0) is 13.0 Å². The van der Waals surface area contributed by atoms with Crippen molar-refractivity contribution in [2.75, 3.05) is 5.32 Å².